The van der Waals surface area contributed by atoms with Gasteiger partial charge in [0.25, 0.3) is 0 Å². The lowest BCUT2D eigenvalue weighted by Crippen LogP contribution is -2.47. The molecular formula is C18H22N4OS. The third-order valence-corrected chi connectivity index (χ3v) is 6.16. The molecule has 0 N–H and O–H groups in total. The molecule has 2 aliphatic heterocycles. The first-order chi connectivity index (χ1) is 11.7. The minimum Gasteiger partial charge on any atom is -0.340 e. The van der Waals surface area contributed by atoms with Crippen LogP contribution < -0.4 is 4.90 Å². The minimum absolute atomic E-state index is 0.0465. The van der Waals surface area contributed by atoms with E-state index in [9.17, 15) is 4.79 Å². The van der Waals surface area contributed by atoms with Gasteiger partial charge < -0.3 is 9.80 Å². The Labute approximate surface area is 146 Å². The number of carbonyl (C=O) groups excluding carboxylic acids is 1. The molecule has 0 spiro atoms. The fourth-order valence-corrected chi connectivity index (χ4v) is 4.82. The molecular weight excluding hydrogens is 320 g/mol. The summed E-state index contributed by atoms with van der Waals surface area (Å²) in [5.74, 6) is 1.08. The summed E-state index contributed by atoms with van der Waals surface area (Å²) < 4.78 is 0. The average molecular weight is 342 g/mol. The van der Waals surface area contributed by atoms with Gasteiger partial charge in [0.1, 0.15) is 0 Å². The van der Waals surface area contributed by atoms with E-state index in [1.807, 2.05) is 17.4 Å². The third-order valence-electron chi connectivity index (χ3n) is 5.17. The summed E-state index contributed by atoms with van der Waals surface area (Å²) >= 11 is 1.81. The smallest absolute Gasteiger partial charge is 0.227 e. The zero-order valence-electron chi connectivity index (χ0n) is 13.9. The molecule has 0 saturated carbocycles. The highest BCUT2D eigenvalue weighted by Crippen LogP contribution is 2.34. The van der Waals surface area contributed by atoms with Crippen molar-refractivity contribution in [3.63, 3.8) is 0 Å². The quantitative estimate of drug-likeness (QED) is 0.842. The van der Waals surface area contributed by atoms with Crippen molar-refractivity contribution in [1.29, 1.82) is 0 Å². The lowest BCUT2D eigenvalue weighted by molar-refractivity contribution is -0.138. The normalized spacial score (nSPS) is 23.9. The van der Waals surface area contributed by atoms with E-state index in [-0.39, 0.29) is 12.0 Å². The van der Waals surface area contributed by atoms with Crippen LogP contribution in [0.3, 0.4) is 0 Å². The van der Waals surface area contributed by atoms with Crippen LogP contribution in [0.1, 0.15) is 36.2 Å². The van der Waals surface area contributed by atoms with E-state index in [0.29, 0.717) is 5.91 Å². The molecule has 0 radical (unpaired) electrons. The molecule has 126 valence electrons. The Morgan fingerprint density at radius 1 is 1.29 bits per heavy atom. The SMILES string of the molecule is C[C@@H]1c2ccsc2CCN1C(=O)[C@H]1CCCN(c2ncccn2)C1. The predicted molar refractivity (Wildman–Crippen MR) is 95.1 cm³/mol. The van der Waals surface area contributed by atoms with Gasteiger partial charge in [-0.3, -0.25) is 4.79 Å². The van der Waals surface area contributed by atoms with Crippen molar-refractivity contribution in [3.8, 4) is 0 Å². The summed E-state index contributed by atoms with van der Waals surface area (Å²) in [4.78, 5) is 27.5. The molecule has 2 aromatic rings. The fraction of sp³-hybridized carbons (Fsp3) is 0.500. The summed E-state index contributed by atoms with van der Waals surface area (Å²) in [6, 6.07) is 4.19. The van der Waals surface area contributed by atoms with Crippen LogP contribution in [0, 0.1) is 5.92 Å². The number of rotatable bonds is 2. The first-order valence-electron chi connectivity index (χ1n) is 8.63. The number of fused-ring (bicyclic) bond motifs is 1. The summed E-state index contributed by atoms with van der Waals surface area (Å²) in [6.45, 7) is 4.65. The first-order valence-corrected chi connectivity index (χ1v) is 9.50. The lowest BCUT2D eigenvalue weighted by Gasteiger charge is -2.39. The molecule has 4 rings (SSSR count). The highest BCUT2D eigenvalue weighted by atomic mass is 32.1. The number of nitrogens with zero attached hydrogens (tertiary/aromatic N) is 4. The van der Waals surface area contributed by atoms with E-state index in [2.05, 4.69) is 38.1 Å². The van der Waals surface area contributed by atoms with Crippen LogP contribution >= 0.6 is 11.3 Å². The third kappa shape index (κ3) is 2.79. The van der Waals surface area contributed by atoms with E-state index >= 15 is 0 Å². The van der Waals surface area contributed by atoms with Gasteiger partial charge in [0.2, 0.25) is 11.9 Å². The van der Waals surface area contributed by atoms with E-state index in [1.54, 1.807) is 12.4 Å². The molecule has 2 atom stereocenters. The topological polar surface area (TPSA) is 49.3 Å². The summed E-state index contributed by atoms with van der Waals surface area (Å²) in [7, 11) is 0. The number of hydrogen-bond donors (Lipinski definition) is 0. The molecule has 1 saturated heterocycles. The van der Waals surface area contributed by atoms with E-state index < -0.39 is 0 Å². The Morgan fingerprint density at radius 3 is 2.96 bits per heavy atom. The molecule has 1 amide bonds. The molecule has 0 aliphatic carbocycles. The van der Waals surface area contributed by atoms with Gasteiger partial charge in [0, 0.05) is 36.9 Å². The van der Waals surface area contributed by atoms with Crippen molar-refractivity contribution in [2.75, 3.05) is 24.5 Å². The largest absolute Gasteiger partial charge is 0.340 e. The second-order valence-electron chi connectivity index (χ2n) is 6.59. The van der Waals surface area contributed by atoms with E-state index in [1.165, 1.54) is 10.4 Å². The molecule has 6 heteroatoms. The van der Waals surface area contributed by atoms with Gasteiger partial charge in [-0.1, -0.05) is 0 Å². The molecule has 4 heterocycles. The zero-order chi connectivity index (χ0) is 16.5. The number of piperidine rings is 1. The van der Waals surface area contributed by atoms with Crippen LogP contribution in [-0.2, 0) is 11.2 Å². The van der Waals surface area contributed by atoms with Gasteiger partial charge in [0.15, 0.2) is 0 Å². The summed E-state index contributed by atoms with van der Waals surface area (Å²) in [6.07, 6.45) is 6.49. The number of carbonyl (C=O) groups is 1. The van der Waals surface area contributed by atoms with Crippen LogP contribution in [0.2, 0.25) is 0 Å². The Hall–Kier alpha value is -1.95. The Bertz CT molecular complexity index is 717. The van der Waals surface area contributed by atoms with Crippen LogP contribution in [-0.4, -0.2) is 40.4 Å². The molecule has 5 nitrogen and oxygen atoms in total. The first kappa shape index (κ1) is 15.6. The van der Waals surface area contributed by atoms with Crippen molar-refractivity contribution in [3.05, 3.63) is 40.3 Å². The van der Waals surface area contributed by atoms with Gasteiger partial charge in [-0.25, -0.2) is 9.97 Å². The van der Waals surface area contributed by atoms with Gasteiger partial charge in [-0.15, -0.1) is 11.3 Å². The standard InChI is InChI=1S/C18H22N4OS/c1-13-15-6-11-24-16(15)5-10-22(13)17(23)14-4-2-9-21(12-14)18-19-7-3-8-20-18/h3,6-8,11,13-14H,2,4-5,9-10,12H2,1H3/t13-,14+/m1/s1. The fourth-order valence-electron chi connectivity index (χ4n) is 3.86. The zero-order valence-corrected chi connectivity index (χ0v) is 14.7. The maximum absolute atomic E-state index is 13.1. The molecule has 24 heavy (non-hydrogen) atoms. The molecule has 0 unspecified atom stereocenters. The van der Waals surface area contributed by atoms with E-state index in [4.69, 9.17) is 0 Å². The minimum atomic E-state index is 0.0465. The molecule has 0 bridgehead atoms. The van der Waals surface area contributed by atoms with Crippen LogP contribution in [0.5, 0.6) is 0 Å². The van der Waals surface area contributed by atoms with Gasteiger partial charge in [-0.05, 0) is 49.3 Å². The highest BCUT2D eigenvalue weighted by Gasteiger charge is 2.35. The van der Waals surface area contributed by atoms with Crippen LogP contribution in [0.15, 0.2) is 29.9 Å². The second kappa shape index (κ2) is 6.51. The van der Waals surface area contributed by atoms with Gasteiger partial charge in [0.05, 0.1) is 12.0 Å². The number of amides is 1. The Morgan fingerprint density at radius 2 is 2.12 bits per heavy atom. The van der Waals surface area contributed by atoms with Gasteiger partial charge >= 0.3 is 0 Å². The van der Waals surface area contributed by atoms with Crippen molar-refractivity contribution in [2.24, 2.45) is 5.92 Å². The molecule has 1 fully saturated rings. The monoisotopic (exact) mass is 342 g/mol. The van der Waals surface area contributed by atoms with Gasteiger partial charge in [-0.2, -0.15) is 0 Å². The number of thiophene rings is 1. The predicted octanol–water partition coefficient (Wildman–Crippen LogP) is 2.90. The van der Waals surface area contributed by atoms with Crippen molar-refractivity contribution in [1.82, 2.24) is 14.9 Å². The van der Waals surface area contributed by atoms with Crippen molar-refractivity contribution in [2.45, 2.75) is 32.2 Å². The Balaban J connectivity index is 1.48. The van der Waals surface area contributed by atoms with E-state index in [0.717, 1.165) is 44.8 Å². The summed E-state index contributed by atoms with van der Waals surface area (Å²) in [5, 5.41) is 2.14. The Kier molecular flexibility index (Phi) is 4.22. The summed E-state index contributed by atoms with van der Waals surface area (Å²) in [5.41, 5.74) is 1.33. The van der Waals surface area contributed by atoms with Crippen LogP contribution in [0.25, 0.3) is 0 Å². The maximum Gasteiger partial charge on any atom is 0.227 e. The highest BCUT2D eigenvalue weighted by molar-refractivity contribution is 7.10. The lowest BCUT2D eigenvalue weighted by atomic mass is 9.93. The average Bonchev–Trinajstić information content (AvgIpc) is 3.12. The molecule has 2 aliphatic rings. The number of aromatic nitrogens is 2. The van der Waals surface area contributed by atoms with Crippen molar-refractivity contribution < 1.29 is 4.79 Å². The number of anilines is 1. The second-order valence-corrected chi connectivity index (χ2v) is 7.59. The number of hydrogen-bond acceptors (Lipinski definition) is 5. The molecule has 0 aromatic carbocycles. The maximum atomic E-state index is 13.1. The van der Waals surface area contributed by atoms with Crippen LogP contribution in [0.4, 0.5) is 5.95 Å². The van der Waals surface area contributed by atoms with Crippen molar-refractivity contribution >= 4 is 23.2 Å². The molecule has 2 aromatic heterocycles.